The third-order valence-corrected chi connectivity index (χ3v) is 2.51. The summed E-state index contributed by atoms with van der Waals surface area (Å²) >= 11 is 0. The summed E-state index contributed by atoms with van der Waals surface area (Å²) in [7, 11) is 0. The number of hydrogen-bond donors (Lipinski definition) is 0. The first-order chi connectivity index (χ1) is 8.63. The van der Waals surface area contributed by atoms with Gasteiger partial charge >= 0.3 is 0 Å². The van der Waals surface area contributed by atoms with Gasteiger partial charge in [0.2, 0.25) is 0 Å². The van der Waals surface area contributed by atoms with Crippen LogP contribution in [0.15, 0.2) is 42.5 Å². The molecule has 0 radical (unpaired) electrons. The summed E-state index contributed by atoms with van der Waals surface area (Å²) in [6.07, 6.45) is 0.438. The van der Waals surface area contributed by atoms with Crippen molar-refractivity contribution < 1.29 is 18.4 Å². The van der Waals surface area contributed by atoms with Crippen LogP contribution in [0.4, 0.5) is 8.78 Å². The molecule has 0 aromatic heterocycles. The number of carbonyl (C=O) groups excluding carboxylic acids is 2. The van der Waals surface area contributed by atoms with E-state index in [0.29, 0.717) is 6.29 Å². The number of benzene rings is 2. The number of carbonyl (C=O) groups is 2. The van der Waals surface area contributed by atoms with Crippen molar-refractivity contribution in [1.82, 2.24) is 0 Å². The van der Waals surface area contributed by atoms with E-state index >= 15 is 0 Å². The van der Waals surface area contributed by atoms with Crippen molar-refractivity contribution >= 4 is 12.1 Å². The number of ketones is 1. The standard InChI is InChI=1S/C14H8F2O2/c15-10-6-5-9(8-17)12(7-10)14(18)11-3-1-2-4-13(11)16/h1-8H. The van der Waals surface area contributed by atoms with Gasteiger partial charge in [-0.15, -0.1) is 0 Å². The first-order valence-corrected chi connectivity index (χ1v) is 5.17. The Labute approximate surface area is 102 Å². The summed E-state index contributed by atoms with van der Waals surface area (Å²) in [4.78, 5) is 22.8. The van der Waals surface area contributed by atoms with Crippen LogP contribution in [0.1, 0.15) is 26.3 Å². The van der Waals surface area contributed by atoms with Gasteiger partial charge in [0.05, 0.1) is 5.56 Å². The predicted molar refractivity (Wildman–Crippen MR) is 61.6 cm³/mol. The third kappa shape index (κ3) is 2.18. The van der Waals surface area contributed by atoms with Gasteiger partial charge in [0.15, 0.2) is 12.1 Å². The van der Waals surface area contributed by atoms with Gasteiger partial charge in [-0.3, -0.25) is 9.59 Å². The molecule has 0 unspecified atom stereocenters. The average Bonchev–Trinajstić information content (AvgIpc) is 2.38. The van der Waals surface area contributed by atoms with Crippen molar-refractivity contribution in [3.63, 3.8) is 0 Å². The lowest BCUT2D eigenvalue weighted by molar-refractivity contribution is 0.102. The molecule has 18 heavy (non-hydrogen) atoms. The highest BCUT2D eigenvalue weighted by Crippen LogP contribution is 2.17. The third-order valence-electron chi connectivity index (χ3n) is 2.51. The van der Waals surface area contributed by atoms with Gasteiger partial charge < -0.3 is 0 Å². The van der Waals surface area contributed by atoms with Crippen LogP contribution in [0.2, 0.25) is 0 Å². The van der Waals surface area contributed by atoms with Gasteiger partial charge in [0.25, 0.3) is 0 Å². The van der Waals surface area contributed by atoms with E-state index in [9.17, 15) is 18.4 Å². The summed E-state index contributed by atoms with van der Waals surface area (Å²) < 4.78 is 26.6. The molecule has 0 aliphatic rings. The van der Waals surface area contributed by atoms with Crippen LogP contribution in [-0.4, -0.2) is 12.1 Å². The van der Waals surface area contributed by atoms with Crippen LogP contribution < -0.4 is 0 Å². The van der Waals surface area contributed by atoms with E-state index in [0.717, 1.165) is 18.2 Å². The van der Waals surface area contributed by atoms with Gasteiger partial charge in [0, 0.05) is 11.1 Å². The second-order valence-electron chi connectivity index (χ2n) is 3.66. The molecule has 0 atom stereocenters. The van der Waals surface area contributed by atoms with E-state index in [4.69, 9.17) is 0 Å². The fraction of sp³-hybridized carbons (Fsp3) is 0. The van der Waals surface area contributed by atoms with Crippen LogP contribution in [0, 0.1) is 11.6 Å². The number of aldehydes is 1. The monoisotopic (exact) mass is 246 g/mol. The summed E-state index contributed by atoms with van der Waals surface area (Å²) in [5, 5.41) is 0. The summed E-state index contributed by atoms with van der Waals surface area (Å²) in [6, 6.07) is 8.55. The van der Waals surface area contributed by atoms with E-state index in [-0.39, 0.29) is 16.7 Å². The van der Waals surface area contributed by atoms with E-state index in [2.05, 4.69) is 0 Å². The minimum Gasteiger partial charge on any atom is -0.298 e. The Morgan fingerprint density at radius 1 is 1.00 bits per heavy atom. The molecule has 0 fully saturated rings. The second-order valence-corrected chi connectivity index (χ2v) is 3.66. The minimum absolute atomic E-state index is 0.0321. The molecular formula is C14H8F2O2. The Hall–Kier alpha value is -2.36. The maximum Gasteiger partial charge on any atom is 0.196 e. The van der Waals surface area contributed by atoms with Crippen molar-refractivity contribution in [1.29, 1.82) is 0 Å². The highest BCUT2D eigenvalue weighted by atomic mass is 19.1. The molecule has 0 bridgehead atoms. The Balaban J connectivity index is 2.56. The van der Waals surface area contributed by atoms with Crippen molar-refractivity contribution in [2.24, 2.45) is 0 Å². The van der Waals surface area contributed by atoms with Gasteiger partial charge in [-0.1, -0.05) is 12.1 Å². The summed E-state index contributed by atoms with van der Waals surface area (Å²) in [6.45, 7) is 0. The topological polar surface area (TPSA) is 34.1 Å². The van der Waals surface area contributed by atoms with Gasteiger partial charge in [0.1, 0.15) is 11.6 Å². The second kappa shape index (κ2) is 4.87. The van der Waals surface area contributed by atoms with E-state index in [1.54, 1.807) is 0 Å². The molecule has 0 amide bonds. The fourth-order valence-electron chi connectivity index (χ4n) is 1.62. The fourth-order valence-corrected chi connectivity index (χ4v) is 1.62. The molecule has 0 heterocycles. The van der Waals surface area contributed by atoms with Crippen molar-refractivity contribution in [2.75, 3.05) is 0 Å². The quantitative estimate of drug-likeness (QED) is 0.616. The molecule has 0 saturated heterocycles. The predicted octanol–water partition coefficient (Wildman–Crippen LogP) is 3.01. The maximum absolute atomic E-state index is 13.5. The Morgan fingerprint density at radius 2 is 1.72 bits per heavy atom. The lowest BCUT2D eigenvalue weighted by Crippen LogP contribution is -2.07. The zero-order valence-electron chi connectivity index (χ0n) is 9.19. The van der Waals surface area contributed by atoms with Gasteiger partial charge in [-0.2, -0.15) is 0 Å². The van der Waals surface area contributed by atoms with Gasteiger partial charge in [-0.25, -0.2) is 8.78 Å². The van der Waals surface area contributed by atoms with Crippen molar-refractivity contribution in [3.8, 4) is 0 Å². The molecule has 0 aliphatic carbocycles. The normalized spacial score (nSPS) is 10.1. The zero-order chi connectivity index (χ0) is 13.1. The maximum atomic E-state index is 13.5. The molecule has 2 nitrogen and oxygen atoms in total. The average molecular weight is 246 g/mol. The van der Waals surface area contributed by atoms with E-state index in [1.165, 1.54) is 24.3 Å². The van der Waals surface area contributed by atoms with Crippen molar-refractivity contribution in [3.05, 3.63) is 70.8 Å². The van der Waals surface area contributed by atoms with Crippen LogP contribution in [-0.2, 0) is 0 Å². The molecule has 4 heteroatoms. The number of rotatable bonds is 3. The Morgan fingerprint density at radius 3 is 2.39 bits per heavy atom. The Kier molecular flexibility index (Phi) is 3.28. The number of hydrogen-bond acceptors (Lipinski definition) is 2. The lowest BCUT2D eigenvalue weighted by Gasteiger charge is -2.05. The molecule has 2 aromatic rings. The largest absolute Gasteiger partial charge is 0.298 e. The first kappa shape index (κ1) is 12.1. The highest BCUT2D eigenvalue weighted by Gasteiger charge is 2.17. The zero-order valence-corrected chi connectivity index (χ0v) is 9.19. The Bertz CT molecular complexity index is 621. The van der Waals surface area contributed by atoms with E-state index < -0.39 is 17.4 Å². The molecule has 90 valence electrons. The molecule has 0 spiro atoms. The first-order valence-electron chi connectivity index (χ1n) is 5.17. The van der Waals surface area contributed by atoms with Crippen LogP contribution in [0.3, 0.4) is 0 Å². The van der Waals surface area contributed by atoms with Gasteiger partial charge in [-0.05, 0) is 30.3 Å². The van der Waals surface area contributed by atoms with E-state index in [1.807, 2.05) is 0 Å². The molecule has 2 rings (SSSR count). The summed E-state index contributed by atoms with van der Waals surface area (Å²) in [5.41, 5.74) is -0.300. The lowest BCUT2D eigenvalue weighted by atomic mass is 9.98. The highest BCUT2D eigenvalue weighted by molar-refractivity contribution is 6.12. The SMILES string of the molecule is O=Cc1ccc(F)cc1C(=O)c1ccccc1F. The number of halogens is 2. The smallest absolute Gasteiger partial charge is 0.196 e. The molecular weight excluding hydrogens is 238 g/mol. The molecule has 0 N–H and O–H groups in total. The van der Waals surface area contributed by atoms with Crippen LogP contribution in [0.5, 0.6) is 0 Å². The molecule has 0 aliphatic heterocycles. The molecule has 2 aromatic carbocycles. The minimum atomic E-state index is -0.713. The van der Waals surface area contributed by atoms with Crippen LogP contribution in [0.25, 0.3) is 0 Å². The summed E-state index contributed by atoms with van der Waals surface area (Å²) in [5.74, 6) is -2.07. The van der Waals surface area contributed by atoms with Crippen LogP contribution >= 0.6 is 0 Å². The molecule has 0 saturated carbocycles. The van der Waals surface area contributed by atoms with Crippen molar-refractivity contribution in [2.45, 2.75) is 0 Å².